The summed E-state index contributed by atoms with van der Waals surface area (Å²) in [5.41, 5.74) is 0.925. The van der Waals surface area contributed by atoms with Crippen molar-refractivity contribution in [1.82, 2.24) is 10.6 Å². The minimum Gasteiger partial charge on any atom is -0.342 e. The predicted molar refractivity (Wildman–Crippen MR) is 71.4 cm³/mol. The molecule has 0 atom stereocenters. The van der Waals surface area contributed by atoms with Crippen molar-refractivity contribution in [3.05, 3.63) is 57.8 Å². The minimum absolute atomic E-state index is 0.0134. The summed E-state index contributed by atoms with van der Waals surface area (Å²) in [5, 5.41) is 15.4. The van der Waals surface area contributed by atoms with Crippen LogP contribution in [0.5, 0.6) is 0 Å². The van der Waals surface area contributed by atoms with Crippen molar-refractivity contribution in [3.8, 4) is 0 Å². The summed E-state index contributed by atoms with van der Waals surface area (Å²) in [6.45, 7) is -0.0256. The lowest BCUT2D eigenvalue weighted by Gasteiger charge is -2.15. The van der Waals surface area contributed by atoms with Gasteiger partial charge in [0, 0.05) is 12.1 Å². The lowest BCUT2D eigenvalue weighted by molar-refractivity contribution is -0.384. The summed E-state index contributed by atoms with van der Waals surface area (Å²) in [4.78, 5) is 32.5. The van der Waals surface area contributed by atoms with Gasteiger partial charge in [0.05, 0.1) is 11.5 Å². The van der Waals surface area contributed by atoms with E-state index in [1.165, 1.54) is 18.2 Å². The lowest BCUT2D eigenvalue weighted by Crippen LogP contribution is -2.46. The van der Waals surface area contributed by atoms with Crippen molar-refractivity contribution in [2.24, 2.45) is 0 Å². The highest BCUT2D eigenvalue weighted by Crippen LogP contribution is 2.12. The van der Waals surface area contributed by atoms with Crippen LogP contribution in [-0.4, -0.2) is 23.3 Å². The molecule has 1 aliphatic rings. The molecule has 20 heavy (non-hydrogen) atoms. The highest BCUT2D eigenvalue weighted by atomic mass is 16.6. The van der Waals surface area contributed by atoms with Crippen LogP contribution in [0.3, 0.4) is 0 Å². The Bertz CT molecular complexity index is 617. The van der Waals surface area contributed by atoms with Gasteiger partial charge < -0.3 is 10.6 Å². The van der Waals surface area contributed by atoms with Crippen molar-refractivity contribution in [3.63, 3.8) is 0 Å². The second-order valence-electron chi connectivity index (χ2n) is 4.02. The molecule has 7 nitrogen and oxygen atoms in total. The van der Waals surface area contributed by atoms with Gasteiger partial charge in [-0.05, 0) is 23.8 Å². The monoisotopic (exact) mass is 273 g/mol. The highest BCUT2D eigenvalue weighted by Gasteiger charge is 2.18. The summed E-state index contributed by atoms with van der Waals surface area (Å²) in [5.74, 6) is -0.627. The van der Waals surface area contributed by atoms with Crippen LogP contribution in [0.4, 0.5) is 5.69 Å². The number of nitrogens with one attached hydrogen (secondary N) is 2. The maximum Gasteiger partial charge on any atom is 0.269 e. The van der Waals surface area contributed by atoms with Crippen LogP contribution in [0.2, 0.25) is 0 Å². The standard InChI is InChI=1S/C13H11N3O4/c17-12-8-14-13(18)11(15-12)3-1-2-9-4-6-10(7-5-9)16(19)20/h1-7H,8H2,(H,14,18)(H,15,17). The number of benzene rings is 1. The number of nitro groups is 1. The third-order valence-corrected chi connectivity index (χ3v) is 2.58. The van der Waals surface area contributed by atoms with Crippen LogP contribution in [-0.2, 0) is 9.59 Å². The van der Waals surface area contributed by atoms with E-state index < -0.39 is 4.92 Å². The van der Waals surface area contributed by atoms with Crippen LogP contribution < -0.4 is 10.6 Å². The van der Waals surface area contributed by atoms with E-state index in [1.807, 2.05) is 0 Å². The topological polar surface area (TPSA) is 101 Å². The average Bonchev–Trinajstić information content (AvgIpc) is 2.43. The largest absolute Gasteiger partial charge is 0.342 e. The predicted octanol–water partition coefficient (Wildman–Crippen LogP) is 0.738. The van der Waals surface area contributed by atoms with Gasteiger partial charge in [-0.15, -0.1) is 0 Å². The zero-order valence-corrected chi connectivity index (χ0v) is 10.3. The number of nitro benzene ring substituents is 1. The van der Waals surface area contributed by atoms with Crippen molar-refractivity contribution in [1.29, 1.82) is 0 Å². The van der Waals surface area contributed by atoms with Crippen LogP contribution in [0, 0.1) is 10.1 Å². The molecule has 0 unspecified atom stereocenters. The molecule has 0 aliphatic carbocycles. The van der Waals surface area contributed by atoms with Gasteiger partial charge in [-0.25, -0.2) is 0 Å². The first-order valence-electron chi connectivity index (χ1n) is 5.77. The molecule has 1 heterocycles. The fraction of sp³-hybridized carbons (Fsp3) is 0.0769. The molecule has 102 valence electrons. The van der Waals surface area contributed by atoms with Gasteiger partial charge in [-0.1, -0.05) is 12.2 Å². The Morgan fingerprint density at radius 2 is 1.90 bits per heavy atom. The number of nitrogens with zero attached hydrogens (tertiary/aromatic N) is 1. The van der Waals surface area contributed by atoms with Crippen LogP contribution in [0.15, 0.2) is 42.1 Å². The summed E-state index contributed by atoms with van der Waals surface area (Å²) < 4.78 is 0. The van der Waals surface area contributed by atoms with E-state index in [0.717, 1.165) is 5.56 Å². The maximum atomic E-state index is 11.4. The normalized spacial score (nSPS) is 17.1. The zero-order valence-electron chi connectivity index (χ0n) is 10.3. The molecule has 2 rings (SSSR count). The Morgan fingerprint density at radius 3 is 2.55 bits per heavy atom. The first kappa shape index (κ1) is 13.5. The number of hydrogen-bond donors (Lipinski definition) is 2. The number of carbonyl (C=O) groups excluding carboxylic acids is 2. The Hall–Kier alpha value is -2.96. The van der Waals surface area contributed by atoms with E-state index in [9.17, 15) is 19.7 Å². The van der Waals surface area contributed by atoms with Crippen molar-refractivity contribution < 1.29 is 14.5 Å². The van der Waals surface area contributed by atoms with Crippen LogP contribution >= 0.6 is 0 Å². The van der Waals surface area contributed by atoms with E-state index in [2.05, 4.69) is 10.6 Å². The number of piperazine rings is 1. The van der Waals surface area contributed by atoms with E-state index >= 15 is 0 Å². The molecule has 0 spiro atoms. The molecule has 1 aromatic rings. The molecule has 1 aliphatic heterocycles. The Morgan fingerprint density at radius 1 is 1.20 bits per heavy atom. The fourth-order valence-corrected chi connectivity index (χ4v) is 1.59. The maximum absolute atomic E-state index is 11.4. The molecule has 0 bridgehead atoms. The van der Waals surface area contributed by atoms with Gasteiger partial charge >= 0.3 is 0 Å². The Kier molecular flexibility index (Phi) is 3.90. The fourth-order valence-electron chi connectivity index (χ4n) is 1.59. The van der Waals surface area contributed by atoms with Crippen LogP contribution in [0.25, 0.3) is 6.08 Å². The number of hydrogen-bond acceptors (Lipinski definition) is 4. The van der Waals surface area contributed by atoms with Gasteiger partial charge in [0.25, 0.3) is 11.6 Å². The van der Waals surface area contributed by atoms with E-state index in [4.69, 9.17) is 0 Å². The number of allylic oxidation sites excluding steroid dienone is 2. The molecule has 7 heteroatoms. The van der Waals surface area contributed by atoms with E-state index in [0.29, 0.717) is 0 Å². The smallest absolute Gasteiger partial charge is 0.269 e. The summed E-state index contributed by atoms with van der Waals surface area (Å²) in [6.07, 6.45) is 4.72. The van der Waals surface area contributed by atoms with Crippen molar-refractivity contribution >= 4 is 23.6 Å². The van der Waals surface area contributed by atoms with Crippen molar-refractivity contribution in [2.45, 2.75) is 0 Å². The van der Waals surface area contributed by atoms with Crippen LogP contribution in [0.1, 0.15) is 5.56 Å². The number of non-ortho nitro benzene ring substituents is 1. The Balaban J connectivity index is 2.07. The molecule has 0 saturated carbocycles. The summed E-state index contributed by atoms with van der Waals surface area (Å²) in [7, 11) is 0. The molecular formula is C13H11N3O4. The van der Waals surface area contributed by atoms with Gasteiger partial charge in [0.1, 0.15) is 5.70 Å². The van der Waals surface area contributed by atoms with E-state index in [1.54, 1.807) is 24.3 Å². The molecular weight excluding hydrogens is 262 g/mol. The second-order valence-corrected chi connectivity index (χ2v) is 4.02. The minimum atomic E-state index is -0.475. The molecule has 1 aromatic carbocycles. The first-order valence-corrected chi connectivity index (χ1v) is 5.77. The van der Waals surface area contributed by atoms with E-state index in [-0.39, 0.29) is 29.7 Å². The van der Waals surface area contributed by atoms with Gasteiger partial charge in [-0.2, -0.15) is 0 Å². The summed E-state index contributed by atoms with van der Waals surface area (Å²) >= 11 is 0. The molecule has 1 saturated heterocycles. The average molecular weight is 273 g/mol. The number of amides is 2. The Labute approximate surface area is 114 Å². The van der Waals surface area contributed by atoms with Gasteiger partial charge in [0.2, 0.25) is 5.91 Å². The first-order chi connectivity index (χ1) is 9.56. The second kappa shape index (κ2) is 5.79. The molecule has 2 amide bonds. The quantitative estimate of drug-likeness (QED) is 0.481. The SMILES string of the molecule is O=C1CNC(=O)C(=CC=Cc2ccc([N+](=O)[O-])cc2)N1. The molecule has 2 N–H and O–H groups in total. The third-order valence-electron chi connectivity index (χ3n) is 2.58. The number of carbonyl (C=O) groups is 2. The summed E-state index contributed by atoms with van der Waals surface area (Å²) in [6, 6.07) is 5.96. The molecule has 0 aromatic heterocycles. The zero-order chi connectivity index (χ0) is 14.5. The third kappa shape index (κ3) is 3.29. The van der Waals surface area contributed by atoms with Crippen molar-refractivity contribution in [2.75, 3.05) is 6.54 Å². The number of rotatable bonds is 3. The highest BCUT2D eigenvalue weighted by molar-refractivity contribution is 6.03. The molecule has 1 fully saturated rings. The molecule has 0 radical (unpaired) electrons. The lowest BCUT2D eigenvalue weighted by atomic mass is 10.2. The van der Waals surface area contributed by atoms with Gasteiger partial charge in [0.15, 0.2) is 0 Å². The van der Waals surface area contributed by atoms with Gasteiger partial charge in [-0.3, -0.25) is 19.7 Å².